The van der Waals surface area contributed by atoms with Gasteiger partial charge in [-0.15, -0.1) is 11.3 Å². The summed E-state index contributed by atoms with van der Waals surface area (Å²) < 4.78 is 34.2. The zero-order valence-corrected chi connectivity index (χ0v) is 17.4. The van der Waals surface area contributed by atoms with E-state index in [-0.39, 0.29) is 4.90 Å². The summed E-state index contributed by atoms with van der Waals surface area (Å²) in [6, 6.07) is 10.7. The van der Waals surface area contributed by atoms with Crippen molar-refractivity contribution in [2.75, 3.05) is 26.6 Å². The molecule has 0 aliphatic rings. The van der Waals surface area contributed by atoms with E-state index in [9.17, 15) is 8.42 Å². The van der Waals surface area contributed by atoms with Crippen LogP contribution in [0.4, 0.5) is 0 Å². The molecule has 148 valence electrons. The highest BCUT2D eigenvalue weighted by Crippen LogP contribution is 2.28. The average Bonchev–Trinajstić information content (AvgIpc) is 3.20. The Morgan fingerprint density at radius 1 is 1.07 bits per heavy atom. The van der Waals surface area contributed by atoms with Crippen LogP contribution in [0.15, 0.2) is 52.9 Å². The lowest BCUT2D eigenvalue weighted by Crippen LogP contribution is -2.08. The van der Waals surface area contributed by atoms with Crippen LogP contribution in [-0.4, -0.2) is 45.0 Å². The minimum Gasteiger partial charge on any atom is -0.474 e. The van der Waals surface area contributed by atoms with Crippen LogP contribution in [0.3, 0.4) is 0 Å². The third-order valence-electron chi connectivity index (χ3n) is 4.08. The number of hydrogen-bond acceptors (Lipinski definition) is 7. The van der Waals surface area contributed by atoms with E-state index >= 15 is 0 Å². The van der Waals surface area contributed by atoms with Gasteiger partial charge in [-0.2, -0.15) is 0 Å². The molecule has 0 atom stereocenters. The Labute approximate surface area is 169 Å². The molecule has 0 aliphatic heterocycles. The fourth-order valence-corrected chi connectivity index (χ4v) is 3.96. The Bertz CT molecular complexity index is 1000. The molecule has 0 unspecified atom stereocenters. The first-order valence-corrected chi connectivity index (χ1v) is 11.5. The van der Waals surface area contributed by atoms with Crippen LogP contribution in [0.1, 0.15) is 10.6 Å². The number of aryl methyl sites for hydroxylation is 2. The number of sulfone groups is 1. The number of aromatic nitrogens is 2. The topological polar surface area (TPSA) is 78.4 Å². The standard InChI is InChI=1S/C20H22N2O4S2/c1-25-11-12-26-20-19(15-5-9-18(10-6-15)28(2,23)24)22-16(14-21-20)7-8-17-4-3-13-27-17/h3-6,9-10,13-14H,7-8,11-12H2,1-2H3. The van der Waals surface area contributed by atoms with E-state index in [0.29, 0.717) is 24.8 Å². The molecule has 0 saturated carbocycles. The fraction of sp³-hybridized carbons (Fsp3) is 0.300. The third-order valence-corrected chi connectivity index (χ3v) is 6.14. The van der Waals surface area contributed by atoms with Gasteiger partial charge < -0.3 is 9.47 Å². The largest absolute Gasteiger partial charge is 0.474 e. The van der Waals surface area contributed by atoms with Gasteiger partial charge in [0.15, 0.2) is 9.84 Å². The van der Waals surface area contributed by atoms with Gasteiger partial charge in [0.25, 0.3) is 0 Å². The Morgan fingerprint density at radius 2 is 1.86 bits per heavy atom. The van der Waals surface area contributed by atoms with Crippen LogP contribution in [0, 0.1) is 0 Å². The molecule has 0 amide bonds. The second-order valence-electron chi connectivity index (χ2n) is 6.23. The van der Waals surface area contributed by atoms with Crippen molar-refractivity contribution in [2.24, 2.45) is 0 Å². The van der Waals surface area contributed by atoms with Crippen molar-refractivity contribution in [3.8, 4) is 17.1 Å². The quantitative estimate of drug-likeness (QED) is 0.496. The van der Waals surface area contributed by atoms with Crippen molar-refractivity contribution in [2.45, 2.75) is 17.7 Å². The lowest BCUT2D eigenvalue weighted by molar-refractivity contribution is 0.144. The fourth-order valence-electron chi connectivity index (χ4n) is 2.62. The van der Waals surface area contributed by atoms with E-state index in [0.717, 1.165) is 24.1 Å². The predicted octanol–water partition coefficient (Wildman–Crippen LogP) is 3.42. The van der Waals surface area contributed by atoms with Crippen LogP contribution in [-0.2, 0) is 27.4 Å². The zero-order valence-electron chi connectivity index (χ0n) is 15.8. The number of hydrogen-bond donors (Lipinski definition) is 0. The normalized spacial score (nSPS) is 11.5. The molecule has 0 saturated heterocycles. The Kier molecular flexibility index (Phi) is 6.77. The minimum atomic E-state index is -3.25. The summed E-state index contributed by atoms with van der Waals surface area (Å²) in [5.74, 6) is 0.407. The van der Waals surface area contributed by atoms with E-state index in [2.05, 4.69) is 16.4 Å². The van der Waals surface area contributed by atoms with Gasteiger partial charge in [-0.05, 0) is 36.4 Å². The van der Waals surface area contributed by atoms with Crippen LogP contribution in [0.2, 0.25) is 0 Å². The molecule has 0 radical (unpaired) electrons. The molecule has 2 heterocycles. The van der Waals surface area contributed by atoms with Gasteiger partial charge in [-0.1, -0.05) is 18.2 Å². The highest BCUT2D eigenvalue weighted by Gasteiger charge is 2.14. The zero-order chi connectivity index (χ0) is 20.0. The molecule has 3 aromatic rings. The van der Waals surface area contributed by atoms with Crippen LogP contribution in [0.25, 0.3) is 11.3 Å². The number of benzene rings is 1. The second-order valence-corrected chi connectivity index (χ2v) is 9.28. The maximum Gasteiger partial charge on any atom is 0.240 e. The summed E-state index contributed by atoms with van der Waals surface area (Å²) in [7, 11) is -1.65. The van der Waals surface area contributed by atoms with Crippen molar-refractivity contribution in [1.82, 2.24) is 9.97 Å². The number of ether oxygens (including phenoxy) is 2. The lowest BCUT2D eigenvalue weighted by Gasteiger charge is -2.12. The van der Waals surface area contributed by atoms with Crippen molar-refractivity contribution < 1.29 is 17.9 Å². The molecule has 0 bridgehead atoms. The molecule has 0 spiro atoms. The molecule has 0 N–H and O–H groups in total. The molecular weight excluding hydrogens is 396 g/mol. The van der Waals surface area contributed by atoms with Crippen molar-refractivity contribution in [3.63, 3.8) is 0 Å². The molecular formula is C20H22N2O4S2. The SMILES string of the molecule is COCCOc1ncc(CCc2cccs2)nc1-c1ccc(S(C)(=O)=O)cc1. The highest BCUT2D eigenvalue weighted by atomic mass is 32.2. The van der Waals surface area contributed by atoms with E-state index in [4.69, 9.17) is 14.5 Å². The van der Waals surface area contributed by atoms with Crippen molar-refractivity contribution in [3.05, 3.63) is 58.5 Å². The van der Waals surface area contributed by atoms with E-state index in [1.165, 1.54) is 11.1 Å². The Balaban J connectivity index is 1.88. The molecule has 1 aromatic carbocycles. The van der Waals surface area contributed by atoms with Crippen molar-refractivity contribution >= 4 is 21.2 Å². The number of nitrogens with zero attached hydrogens (tertiary/aromatic N) is 2. The van der Waals surface area contributed by atoms with Gasteiger partial charge in [-0.25, -0.2) is 18.4 Å². The first-order chi connectivity index (χ1) is 13.5. The van der Waals surface area contributed by atoms with Gasteiger partial charge in [0, 0.05) is 23.8 Å². The summed E-state index contributed by atoms with van der Waals surface area (Å²) in [4.78, 5) is 10.7. The van der Waals surface area contributed by atoms with Crippen LogP contribution >= 0.6 is 11.3 Å². The van der Waals surface area contributed by atoms with Gasteiger partial charge in [0.05, 0.1) is 23.4 Å². The maximum absolute atomic E-state index is 11.7. The van der Waals surface area contributed by atoms with Crippen LogP contribution in [0.5, 0.6) is 5.88 Å². The first-order valence-electron chi connectivity index (χ1n) is 8.78. The number of thiophene rings is 1. The molecule has 3 rings (SSSR count). The van der Waals surface area contributed by atoms with Crippen LogP contribution < -0.4 is 4.74 Å². The molecule has 0 aliphatic carbocycles. The van der Waals surface area contributed by atoms with E-state index in [1.54, 1.807) is 48.9 Å². The van der Waals surface area contributed by atoms with E-state index < -0.39 is 9.84 Å². The maximum atomic E-state index is 11.7. The third kappa shape index (κ3) is 5.37. The Morgan fingerprint density at radius 3 is 2.50 bits per heavy atom. The first kappa shape index (κ1) is 20.4. The van der Waals surface area contributed by atoms with Gasteiger partial charge in [-0.3, -0.25) is 0 Å². The summed E-state index contributed by atoms with van der Waals surface area (Å²) in [5.41, 5.74) is 2.21. The lowest BCUT2D eigenvalue weighted by atomic mass is 10.1. The van der Waals surface area contributed by atoms with E-state index in [1.807, 2.05) is 6.07 Å². The molecule has 2 aromatic heterocycles. The summed E-state index contributed by atoms with van der Waals surface area (Å²) in [6.07, 6.45) is 4.57. The molecule has 8 heteroatoms. The highest BCUT2D eigenvalue weighted by molar-refractivity contribution is 7.90. The second kappa shape index (κ2) is 9.27. The number of methoxy groups -OCH3 is 1. The summed E-state index contributed by atoms with van der Waals surface area (Å²) in [5, 5.41) is 2.06. The summed E-state index contributed by atoms with van der Waals surface area (Å²) in [6.45, 7) is 0.794. The molecule has 6 nitrogen and oxygen atoms in total. The summed E-state index contributed by atoms with van der Waals surface area (Å²) >= 11 is 1.72. The smallest absolute Gasteiger partial charge is 0.240 e. The molecule has 28 heavy (non-hydrogen) atoms. The van der Waals surface area contributed by atoms with Crippen molar-refractivity contribution in [1.29, 1.82) is 0 Å². The minimum absolute atomic E-state index is 0.264. The van der Waals surface area contributed by atoms with Gasteiger partial charge >= 0.3 is 0 Å². The number of rotatable bonds is 9. The van der Waals surface area contributed by atoms with Gasteiger partial charge in [0.1, 0.15) is 12.3 Å². The van der Waals surface area contributed by atoms with Gasteiger partial charge in [0.2, 0.25) is 5.88 Å². The average molecular weight is 419 g/mol. The Hall–Kier alpha value is -2.29. The molecule has 0 fully saturated rings. The predicted molar refractivity (Wildman–Crippen MR) is 110 cm³/mol. The monoisotopic (exact) mass is 418 g/mol.